The smallest absolute Gasteiger partial charge is 0.320 e. The average Bonchev–Trinajstić information content (AvgIpc) is 2.35. The summed E-state index contributed by atoms with van der Waals surface area (Å²) < 4.78 is 0. The van der Waals surface area contributed by atoms with Gasteiger partial charge >= 0.3 is 5.97 Å². The van der Waals surface area contributed by atoms with Gasteiger partial charge in [0.25, 0.3) is 0 Å². The Kier molecular flexibility index (Phi) is 5.31. The Balaban J connectivity index is 2.70. The highest BCUT2D eigenvalue weighted by Gasteiger charge is 2.22. The Morgan fingerprint density at radius 1 is 1.33 bits per heavy atom. The predicted octanol–water partition coefficient (Wildman–Crippen LogP) is 1.82. The molecule has 1 aromatic rings. The molecule has 0 fully saturated rings. The second-order valence-corrected chi connectivity index (χ2v) is 4.53. The molecule has 0 saturated heterocycles. The Bertz CT molecular complexity index is 389. The van der Waals surface area contributed by atoms with E-state index in [9.17, 15) is 9.90 Å². The number of carboxylic acid groups (broad SMARTS) is 1. The minimum absolute atomic E-state index is 0.326. The Labute approximate surface area is 108 Å². The van der Waals surface area contributed by atoms with Gasteiger partial charge in [0.1, 0.15) is 6.04 Å². The van der Waals surface area contributed by atoms with Crippen molar-refractivity contribution < 1.29 is 15.0 Å². The van der Waals surface area contributed by atoms with Gasteiger partial charge in [-0.25, -0.2) is 0 Å². The van der Waals surface area contributed by atoms with Crippen LogP contribution in [0.25, 0.3) is 0 Å². The van der Waals surface area contributed by atoms with Crippen LogP contribution in [0.3, 0.4) is 0 Å². The molecule has 0 heterocycles. The average molecular weight is 251 g/mol. The highest BCUT2D eigenvalue weighted by molar-refractivity contribution is 5.72. The SMILES string of the molecule is CCN(CC(O)c1ccc(C)cc1)C(C)C(=O)O. The van der Waals surface area contributed by atoms with Crippen molar-refractivity contribution in [2.45, 2.75) is 32.9 Å². The maximum Gasteiger partial charge on any atom is 0.320 e. The maximum atomic E-state index is 10.9. The lowest BCUT2D eigenvalue weighted by molar-refractivity contribution is -0.143. The molecule has 100 valence electrons. The van der Waals surface area contributed by atoms with Crippen molar-refractivity contribution in [1.82, 2.24) is 4.90 Å². The van der Waals surface area contributed by atoms with Gasteiger partial charge in [-0.05, 0) is 26.0 Å². The van der Waals surface area contributed by atoms with Crippen LogP contribution < -0.4 is 0 Å². The lowest BCUT2D eigenvalue weighted by atomic mass is 10.1. The van der Waals surface area contributed by atoms with E-state index < -0.39 is 18.1 Å². The second-order valence-electron chi connectivity index (χ2n) is 4.53. The van der Waals surface area contributed by atoms with Gasteiger partial charge in [-0.15, -0.1) is 0 Å². The molecule has 4 nitrogen and oxygen atoms in total. The zero-order chi connectivity index (χ0) is 13.7. The third kappa shape index (κ3) is 3.82. The molecule has 0 aromatic heterocycles. The van der Waals surface area contributed by atoms with Gasteiger partial charge in [0.15, 0.2) is 0 Å². The minimum atomic E-state index is -0.868. The van der Waals surface area contributed by atoms with E-state index in [1.807, 2.05) is 38.1 Å². The molecular formula is C14H21NO3. The van der Waals surface area contributed by atoms with Crippen LogP contribution in [0.2, 0.25) is 0 Å². The molecule has 1 rings (SSSR count). The molecule has 0 bridgehead atoms. The van der Waals surface area contributed by atoms with Gasteiger partial charge < -0.3 is 10.2 Å². The molecule has 0 aliphatic heterocycles. The van der Waals surface area contributed by atoms with Crippen molar-refractivity contribution in [3.8, 4) is 0 Å². The molecule has 4 heteroatoms. The summed E-state index contributed by atoms with van der Waals surface area (Å²) in [5.74, 6) is -0.868. The topological polar surface area (TPSA) is 60.8 Å². The number of aliphatic hydroxyl groups excluding tert-OH is 1. The van der Waals surface area contributed by atoms with E-state index in [0.29, 0.717) is 13.1 Å². The predicted molar refractivity (Wildman–Crippen MR) is 70.5 cm³/mol. The fraction of sp³-hybridized carbons (Fsp3) is 0.500. The second kappa shape index (κ2) is 6.52. The summed E-state index contributed by atoms with van der Waals surface area (Å²) in [6, 6.07) is 7.04. The van der Waals surface area contributed by atoms with Gasteiger partial charge in [-0.1, -0.05) is 36.8 Å². The molecular weight excluding hydrogens is 230 g/mol. The largest absolute Gasteiger partial charge is 0.480 e. The first-order valence-electron chi connectivity index (χ1n) is 6.17. The molecule has 0 spiro atoms. The number of hydrogen-bond donors (Lipinski definition) is 2. The van der Waals surface area contributed by atoms with Crippen molar-refractivity contribution >= 4 is 5.97 Å². The van der Waals surface area contributed by atoms with Crippen molar-refractivity contribution in [2.24, 2.45) is 0 Å². The van der Waals surface area contributed by atoms with E-state index in [4.69, 9.17) is 5.11 Å². The van der Waals surface area contributed by atoms with Crippen LogP contribution in [-0.4, -0.2) is 40.2 Å². The monoisotopic (exact) mass is 251 g/mol. The number of aryl methyl sites for hydroxylation is 1. The van der Waals surface area contributed by atoms with Gasteiger partial charge in [0.05, 0.1) is 6.10 Å². The lowest BCUT2D eigenvalue weighted by Crippen LogP contribution is -2.41. The van der Waals surface area contributed by atoms with Crippen LogP contribution in [0.4, 0.5) is 0 Å². The van der Waals surface area contributed by atoms with Gasteiger partial charge in [-0.2, -0.15) is 0 Å². The number of aliphatic hydroxyl groups is 1. The van der Waals surface area contributed by atoms with E-state index >= 15 is 0 Å². The third-order valence-electron chi connectivity index (χ3n) is 3.18. The van der Waals surface area contributed by atoms with E-state index in [1.165, 1.54) is 0 Å². The normalized spacial score (nSPS) is 14.5. The highest BCUT2D eigenvalue weighted by atomic mass is 16.4. The van der Waals surface area contributed by atoms with E-state index in [2.05, 4.69) is 0 Å². The molecule has 2 N–H and O–H groups in total. The van der Waals surface area contributed by atoms with Gasteiger partial charge in [0, 0.05) is 6.54 Å². The summed E-state index contributed by atoms with van der Waals surface area (Å²) in [5, 5.41) is 19.1. The van der Waals surface area contributed by atoms with E-state index in [0.717, 1.165) is 11.1 Å². The Morgan fingerprint density at radius 3 is 2.33 bits per heavy atom. The molecule has 0 saturated carbocycles. The van der Waals surface area contributed by atoms with Crippen LogP contribution in [0, 0.1) is 6.92 Å². The zero-order valence-corrected chi connectivity index (χ0v) is 11.1. The molecule has 0 amide bonds. The number of rotatable bonds is 6. The Hall–Kier alpha value is -1.39. The Morgan fingerprint density at radius 2 is 1.89 bits per heavy atom. The van der Waals surface area contributed by atoms with Crippen LogP contribution in [0.15, 0.2) is 24.3 Å². The van der Waals surface area contributed by atoms with E-state index in [1.54, 1.807) is 11.8 Å². The zero-order valence-electron chi connectivity index (χ0n) is 11.1. The number of aliphatic carboxylic acids is 1. The lowest BCUT2D eigenvalue weighted by Gasteiger charge is -2.27. The first-order valence-corrected chi connectivity index (χ1v) is 6.17. The quantitative estimate of drug-likeness (QED) is 0.809. The number of carboxylic acids is 1. The maximum absolute atomic E-state index is 10.9. The standard InChI is InChI=1S/C14H21NO3/c1-4-15(11(3)14(17)18)9-13(16)12-7-5-10(2)6-8-12/h5-8,11,13,16H,4,9H2,1-3H3,(H,17,18). The third-order valence-corrected chi connectivity index (χ3v) is 3.18. The van der Waals surface area contributed by atoms with Crippen LogP contribution >= 0.6 is 0 Å². The summed E-state index contributed by atoms with van der Waals surface area (Å²) >= 11 is 0. The number of carbonyl (C=O) groups is 1. The molecule has 0 radical (unpaired) electrons. The summed E-state index contributed by atoms with van der Waals surface area (Å²) in [6.45, 7) is 6.43. The number of benzene rings is 1. The molecule has 18 heavy (non-hydrogen) atoms. The minimum Gasteiger partial charge on any atom is -0.480 e. The van der Waals surface area contributed by atoms with Crippen LogP contribution in [0.1, 0.15) is 31.1 Å². The summed E-state index contributed by atoms with van der Waals surface area (Å²) in [5.41, 5.74) is 1.95. The van der Waals surface area contributed by atoms with Crippen molar-refractivity contribution in [2.75, 3.05) is 13.1 Å². The first kappa shape index (κ1) is 14.7. The summed E-state index contributed by atoms with van der Waals surface area (Å²) in [7, 11) is 0. The number of likely N-dealkylation sites (N-methyl/N-ethyl adjacent to an activating group) is 1. The van der Waals surface area contributed by atoms with Gasteiger partial charge in [0.2, 0.25) is 0 Å². The molecule has 0 aliphatic rings. The highest BCUT2D eigenvalue weighted by Crippen LogP contribution is 2.16. The molecule has 0 aliphatic carbocycles. The van der Waals surface area contributed by atoms with Gasteiger partial charge in [-0.3, -0.25) is 9.69 Å². The van der Waals surface area contributed by atoms with E-state index in [-0.39, 0.29) is 0 Å². The summed E-state index contributed by atoms with van der Waals surface area (Å²) in [4.78, 5) is 12.7. The van der Waals surface area contributed by atoms with Crippen LogP contribution in [0.5, 0.6) is 0 Å². The fourth-order valence-electron chi connectivity index (χ4n) is 1.83. The molecule has 1 aromatic carbocycles. The number of hydrogen-bond acceptors (Lipinski definition) is 3. The van der Waals surface area contributed by atoms with Crippen molar-refractivity contribution in [3.05, 3.63) is 35.4 Å². The van der Waals surface area contributed by atoms with Crippen molar-refractivity contribution in [3.63, 3.8) is 0 Å². The number of nitrogens with zero attached hydrogens (tertiary/aromatic N) is 1. The summed E-state index contributed by atoms with van der Waals surface area (Å²) in [6.07, 6.45) is -0.660. The molecule has 2 atom stereocenters. The molecule has 2 unspecified atom stereocenters. The van der Waals surface area contributed by atoms with Crippen molar-refractivity contribution in [1.29, 1.82) is 0 Å². The fourth-order valence-corrected chi connectivity index (χ4v) is 1.83. The first-order chi connectivity index (χ1) is 8.45. The van der Waals surface area contributed by atoms with Crippen LogP contribution in [-0.2, 0) is 4.79 Å².